The number of alkyl halides is 1. The number of benzene rings is 1. The Balaban J connectivity index is 2.15. The molecule has 0 aliphatic heterocycles. The first kappa shape index (κ1) is 15.4. The minimum absolute atomic E-state index is 0.200. The van der Waals surface area contributed by atoms with Crippen LogP contribution in [-0.4, -0.2) is 15.7 Å². The zero-order valence-electron chi connectivity index (χ0n) is 11.9. The van der Waals surface area contributed by atoms with E-state index in [1.54, 1.807) is 0 Å². The average molecular weight is 311 g/mol. The second kappa shape index (κ2) is 7.14. The molecule has 0 aliphatic rings. The van der Waals surface area contributed by atoms with E-state index in [4.69, 9.17) is 23.2 Å². The van der Waals surface area contributed by atoms with E-state index in [1.807, 2.05) is 35.1 Å². The Bertz CT molecular complexity index is 551. The maximum Gasteiger partial charge on any atom is 0.0631 e. The summed E-state index contributed by atoms with van der Waals surface area (Å²) in [5.41, 5.74) is 2.16. The molecule has 1 aromatic carbocycles. The highest BCUT2D eigenvalue weighted by Gasteiger charge is 2.16. The van der Waals surface area contributed by atoms with E-state index >= 15 is 0 Å². The van der Waals surface area contributed by atoms with Crippen LogP contribution in [0.2, 0.25) is 5.02 Å². The van der Waals surface area contributed by atoms with Crippen molar-refractivity contribution < 1.29 is 0 Å². The summed E-state index contributed by atoms with van der Waals surface area (Å²) in [4.78, 5) is 0. The van der Waals surface area contributed by atoms with Crippen molar-refractivity contribution in [2.75, 3.05) is 5.88 Å². The Kier molecular flexibility index (Phi) is 5.50. The van der Waals surface area contributed by atoms with Crippen molar-refractivity contribution in [3.8, 4) is 0 Å². The third-order valence-corrected chi connectivity index (χ3v) is 4.41. The van der Waals surface area contributed by atoms with Gasteiger partial charge in [-0.1, -0.05) is 36.7 Å². The van der Waals surface area contributed by atoms with E-state index in [1.165, 1.54) is 0 Å². The first-order chi connectivity index (χ1) is 9.65. The van der Waals surface area contributed by atoms with Crippen LogP contribution >= 0.6 is 23.2 Å². The SMILES string of the molecule is CCC(C)n1ccc(CC(CCl)c2ccccc2Cl)n1. The van der Waals surface area contributed by atoms with E-state index in [-0.39, 0.29) is 5.92 Å². The molecule has 1 aromatic heterocycles. The number of halogens is 2. The maximum absolute atomic E-state index is 6.26. The smallest absolute Gasteiger partial charge is 0.0631 e. The van der Waals surface area contributed by atoms with Gasteiger partial charge in [0.05, 0.1) is 5.69 Å². The maximum atomic E-state index is 6.26. The summed E-state index contributed by atoms with van der Waals surface area (Å²) in [6, 6.07) is 10.4. The number of aromatic nitrogens is 2. The third-order valence-electron chi connectivity index (χ3n) is 3.69. The molecule has 0 N–H and O–H groups in total. The van der Waals surface area contributed by atoms with Crippen molar-refractivity contribution in [1.29, 1.82) is 0 Å². The molecule has 0 radical (unpaired) electrons. The number of hydrogen-bond donors (Lipinski definition) is 0. The fraction of sp³-hybridized carbons (Fsp3) is 0.438. The minimum atomic E-state index is 0.200. The standard InChI is InChI=1S/C16H20Cl2N2/c1-3-12(2)20-9-8-14(19-20)10-13(11-17)15-6-4-5-7-16(15)18/h4-9,12-13H,3,10-11H2,1-2H3. The molecule has 4 heteroatoms. The zero-order chi connectivity index (χ0) is 14.5. The van der Waals surface area contributed by atoms with Crippen LogP contribution in [-0.2, 0) is 6.42 Å². The van der Waals surface area contributed by atoms with Gasteiger partial charge in [0.15, 0.2) is 0 Å². The van der Waals surface area contributed by atoms with Crippen molar-refractivity contribution >= 4 is 23.2 Å². The van der Waals surface area contributed by atoms with Crippen molar-refractivity contribution in [1.82, 2.24) is 9.78 Å². The van der Waals surface area contributed by atoms with Crippen molar-refractivity contribution in [3.05, 3.63) is 52.8 Å². The van der Waals surface area contributed by atoms with Crippen LogP contribution in [0.3, 0.4) is 0 Å². The van der Waals surface area contributed by atoms with Gasteiger partial charge in [-0.25, -0.2) is 0 Å². The highest BCUT2D eigenvalue weighted by atomic mass is 35.5. The van der Waals surface area contributed by atoms with Gasteiger partial charge in [-0.2, -0.15) is 5.10 Å². The zero-order valence-corrected chi connectivity index (χ0v) is 13.4. The van der Waals surface area contributed by atoms with Crippen LogP contribution < -0.4 is 0 Å². The normalized spacial score (nSPS) is 14.2. The van der Waals surface area contributed by atoms with Gasteiger partial charge in [0, 0.05) is 29.1 Å². The molecule has 0 bridgehead atoms. The Hall–Kier alpha value is -0.990. The summed E-state index contributed by atoms with van der Waals surface area (Å²) >= 11 is 12.4. The quantitative estimate of drug-likeness (QED) is 0.681. The molecule has 2 nitrogen and oxygen atoms in total. The van der Waals surface area contributed by atoms with Gasteiger partial charge < -0.3 is 0 Å². The summed E-state index contributed by atoms with van der Waals surface area (Å²) in [5, 5.41) is 5.42. The Morgan fingerprint density at radius 3 is 2.65 bits per heavy atom. The lowest BCUT2D eigenvalue weighted by Gasteiger charge is -2.15. The van der Waals surface area contributed by atoms with Crippen molar-refractivity contribution in [3.63, 3.8) is 0 Å². The van der Waals surface area contributed by atoms with Gasteiger partial charge in [0.25, 0.3) is 0 Å². The minimum Gasteiger partial charge on any atom is -0.270 e. The van der Waals surface area contributed by atoms with Gasteiger partial charge >= 0.3 is 0 Å². The van der Waals surface area contributed by atoms with Gasteiger partial charge in [-0.05, 0) is 37.5 Å². The fourth-order valence-corrected chi connectivity index (χ4v) is 2.79. The van der Waals surface area contributed by atoms with Crippen LogP contribution in [0.15, 0.2) is 36.5 Å². The number of hydrogen-bond acceptors (Lipinski definition) is 1. The summed E-state index contributed by atoms with van der Waals surface area (Å²) in [6.07, 6.45) is 3.93. The van der Waals surface area contributed by atoms with Gasteiger partial charge in [-0.3, -0.25) is 4.68 Å². The predicted molar refractivity (Wildman–Crippen MR) is 85.8 cm³/mol. The molecule has 0 aliphatic carbocycles. The number of rotatable bonds is 6. The molecule has 2 atom stereocenters. The van der Waals surface area contributed by atoms with E-state index in [9.17, 15) is 0 Å². The lowest BCUT2D eigenvalue weighted by atomic mass is 9.96. The molecule has 2 aromatic rings. The molecule has 108 valence electrons. The van der Waals surface area contributed by atoms with E-state index in [2.05, 4.69) is 25.0 Å². The van der Waals surface area contributed by atoms with Gasteiger partial charge in [0.2, 0.25) is 0 Å². The Labute approximate surface area is 130 Å². The van der Waals surface area contributed by atoms with E-state index in [0.29, 0.717) is 11.9 Å². The Morgan fingerprint density at radius 2 is 2.00 bits per heavy atom. The molecule has 1 heterocycles. The molecular weight excluding hydrogens is 291 g/mol. The van der Waals surface area contributed by atoms with Crippen molar-refractivity contribution in [2.45, 2.75) is 38.6 Å². The first-order valence-electron chi connectivity index (χ1n) is 7.00. The second-order valence-corrected chi connectivity index (χ2v) is 5.84. The highest BCUT2D eigenvalue weighted by Crippen LogP contribution is 2.28. The van der Waals surface area contributed by atoms with E-state index in [0.717, 1.165) is 29.1 Å². The van der Waals surface area contributed by atoms with E-state index < -0.39 is 0 Å². The third kappa shape index (κ3) is 3.56. The van der Waals surface area contributed by atoms with Crippen LogP contribution in [0.5, 0.6) is 0 Å². The fourth-order valence-electron chi connectivity index (χ4n) is 2.23. The summed E-state index contributed by atoms with van der Waals surface area (Å²) in [6.45, 7) is 4.33. The van der Waals surface area contributed by atoms with Gasteiger partial charge in [0.1, 0.15) is 0 Å². The molecule has 2 unspecified atom stereocenters. The number of nitrogens with zero attached hydrogens (tertiary/aromatic N) is 2. The molecule has 0 fully saturated rings. The van der Waals surface area contributed by atoms with Crippen LogP contribution in [0.1, 0.15) is 43.5 Å². The summed E-state index contributed by atoms with van der Waals surface area (Å²) in [5.74, 6) is 0.741. The first-order valence-corrected chi connectivity index (χ1v) is 7.91. The molecule has 0 amide bonds. The topological polar surface area (TPSA) is 17.8 Å². The monoisotopic (exact) mass is 310 g/mol. The molecule has 2 rings (SSSR count). The molecule has 0 saturated heterocycles. The van der Waals surface area contributed by atoms with Gasteiger partial charge in [-0.15, -0.1) is 11.6 Å². The molecule has 0 saturated carbocycles. The summed E-state index contributed by atoms with van der Waals surface area (Å²) < 4.78 is 2.02. The molecule has 20 heavy (non-hydrogen) atoms. The highest BCUT2D eigenvalue weighted by molar-refractivity contribution is 6.31. The average Bonchev–Trinajstić information content (AvgIpc) is 2.93. The second-order valence-electron chi connectivity index (χ2n) is 5.12. The molecular formula is C16H20Cl2N2. The predicted octanol–water partition coefficient (Wildman–Crippen LogP) is 5.07. The van der Waals surface area contributed by atoms with Crippen molar-refractivity contribution in [2.24, 2.45) is 0 Å². The summed E-state index contributed by atoms with van der Waals surface area (Å²) in [7, 11) is 0. The van der Waals surface area contributed by atoms with Crippen LogP contribution in [0, 0.1) is 0 Å². The lowest BCUT2D eigenvalue weighted by Crippen LogP contribution is -2.08. The largest absolute Gasteiger partial charge is 0.270 e. The van der Waals surface area contributed by atoms with Crippen LogP contribution in [0.4, 0.5) is 0 Å². The Morgan fingerprint density at radius 1 is 1.25 bits per heavy atom. The lowest BCUT2D eigenvalue weighted by molar-refractivity contribution is 0.472. The van der Waals surface area contributed by atoms with Crippen LogP contribution in [0.25, 0.3) is 0 Å². The molecule has 0 spiro atoms.